The fraction of sp³-hybridized carbons (Fsp3) is 0.652. The number of hydrogen-bond donors (Lipinski definition) is 1. The second kappa shape index (κ2) is 10.5. The van der Waals surface area contributed by atoms with E-state index in [2.05, 4.69) is 45.2 Å². The molecule has 2 aromatic rings. The summed E-state index contributed by atoms with van der Waals surface area (Å²) in [5, 5.41) is 13.4. The third kappa shape index (κ3) is 5.80. The summed E-state index contributed by atoms with van der Waals surface area (Å²) in [5.41, 5.74) is 1.05. The van der Waals surface area contributed by atoms with Gasteiger partial charge in [0.25, 0.3) is 0 Å². The van der Waals surface area contributed by atoms with E-state index < -0.39 is 0 Å². The van der Waals surface area contributed by atoms with Crippen molar-refractivity contribution in [1.29, 1.82) is 0 Å². The lowest BCUT2D eigenvalue weighted by molar-refractivity contribution is -0.133. The highest BCUT2D eigenvalue weighted by Gasteiger charge is 2.28. The highest BCUT2D eigenvalue weighted by Crippen LogP contribution is 2.29. The Morgan fingerprint density at radius 1 is 1.16 bits per heavy atom. The number of aromatic nitrogens is 3. The summed E-state index contributed by atoms with van der Waals surface area (Å²) in [4.78, 5) is 22.4. The molecule has 0 aromatic carbocycles. The van der Waals surface area contributed by atoms with Crippen molar-refractivity contribution in [2.75, 3.05) is 38.0 Å². The van der Waals surface area contributed by atoms with Gasteiger partial charge >= 0.3 is 0 Å². The third-order valence-corrected chi connectivity index (χ3v) is 7.57. The highest BCUT2D eigenvalue weighted by molar-refractivity contribution is 7.15. The van der Waals surface area contributed by atoms with Crippen LogP contribution in [0.25, 0.3) is 0 Å². The first kappa shape index (κ1) is 22.1. The number of hydrogen-bond acceptors (Lipinski definition) is 7. The number of carbonyl (C=O) groups excluding carboxylic acids is 1. The maximum absolute atomic E-state index is 13.0. The van der Waals surface area contributed by atoms with Gasteiger partial charge in [0.2, 0.25) is 11.0 Å². The maximum Gasteiger partial charge on any atom is 0.222 e. The van der Waals surface area contributed by atoms with Gasteiger partial charge in [-0.2, -0.15) is 0 Å². The number of piperidine rings is 2. The van der Waals surface area contributed by atoms with Gasteiger partial charge in [-0.15, -0.1) is 10.2 Å². The fourth-order valence-electron chi connectivity index (χ4n) is 4.63. The van der Waals surface area contributed by atoms with Gasteiger partial charge in [0.05, 0.1) is 0 Å². The molecular formula is C23H34N6OS. The van der Waals surface area contributed by atoms with Crippen molar-refractivity contribution in [3.8, 4) is 0 Å². The minimum absolute atomic E-state index is 0.294. The molecule has 2 fully saturated rings. The molecule has 2 saturated heterocycles. The molecule has 4 rings (SSSR count). The Morgan fingerprint density at radius 2 is 2.00 bits per heavy atom. The van der Waals surface area contributed by atoms with Crippen LogP contribution in [0.4, 0.5) is 10.9 Å². The first-order valence-corrected chi connectivity index (χ1v) is 12.5. The Labute approximate surface area is 189 Å². The molecule has 1 amide bonds. The van der Waals surface area contributed by atoms with Gasteiger partial charge in [-0.05, 0) is 69.8 Å². The van der Waals surface area contributed by atoms with E-state index in [1.807, 2.05) is 12.1 Å². The Bertz CT molecular complexity index is 863. The zero-order chi connectivity index (χ0) is 21.6. The monoisotopic (exact) mass is 442 g/mol. The minimum Gasteiger partial charge on any atom is -0.342 e. The molecule has 0 spiro atoms. The predicted molar refractivity (Wildman–Crippen MR) is 125 cm³/mol. The van der Waals surface area contributed by atoms with Crippen LogP contribution < -0.4 is 5.32 Å². The number of aryl methyl sites for hydroxylation is 1. The van der Waals surface area contributed by atoms with E-state index in [-0.39, 0.29) is 0 Å². The fourth-order valence-corrected chi connectivity index (χ4v) is 5.32. The molecule has 1 unspecified atom stereocenters. The van der Waals surface area contributed by atoms with E-state index >= 15 is 0 Å². The van der Waals surface area contributed by atoms with Crippen molar-refractivity contribution in [2.24, 2.45) is 5.92 Å². The molecule has 2 aliphatic rings. The summed E-state index contributed by atoms with van der Waals surface area (Å²) >= 11 is 1.56. The summed E-state index contributed by atoms with van der Waals surface area (Å²) in [6, 6.07) is 6.08. The smallest absolute Gasteiger partial charge is 0.222 e. The molecule has 31 heavy (non-hydrogen) atoms. The van der Waals surface area contributed by atoms with E-state index in [1.54, 1.807) is 11.3 Å². The average molecular weight is 443 g/mol. The minimum atomic E-state index is 0.294. The van der Waals surface area contributed by atoms with Crippen molar-refractivity contribution in [3.63, 3.8) is 0 Å². The van der Waals surface area contributed by atoms with Crippen molar-refractivity contribution >= 4 is 28.2 Å². The summed E-state index contributed by atoms with van der Waals surface area (Å²) in [7, 11) is 0. The van der Waals surface area contributed by atoms with E-state index in [1.165, 1.54) is 0 Å². The second-order valence-corrected chi connectivity index (χ2v) is 9.75. The van der Waals surface area contributed by atoms with Crippen LogP contribution in [-0.2, 0) is 11.2 Å². The van der Waals surface area contributed by atoms with Gasteiger partial charge < -0.3 is 15.1 Å². The molecule has 0 bridgehead atoms. The van der Waals surface area contributed by atoms with Crippen molar-refractivity contribution < 1.29 is 4.79 Å². The lowest BCUT2D eigenvalue weighted by atomic mass is 9.91. The predicted octanol–water partition coefficient (Wildman–Crippen LogP) is 4.07. The molecule has 7 nitrogen and oxygen atoms in total. The Hall–Kier alpha value is -2.06. The lowest BCUT2D eigenvalue weighted by Gasteiger charge is -2.35. The molecule has 1 atom stereocenters. The standard InChI is InChI=1S/C23H34N6OS/c1-3-21-26-27-23(31-21)25-20-9-5-8-19(24-20)18-7-6-12-29(16-18)22(30)15-17-10-13-28(4-2)14-11-17/h5,8-9,17-18H,3-4,6-7,10-16H2,1-2H3,(H,24,25,27). The molecule has 2 aromatic heterocycles. The van der Waals surface area contributed by atoms with Crippen LogP contribution in [0, 0.1) is 5.92 Å². The molecule has 2 aliphatic heterocycles. The summed E-state index contributed by atoms with van der Waals surface area (Å²) in [5.74, 6) is 1.96. The molecule has 8 heteroatoms. The quantitative estimate of drug-likeness (QED) is 0.697. The van der Waals surface area contributed by atoms with Gasteiger partial charge in [0.1, 0.15) is 10.8 Å². The molecule has 1 N–H and O–H groups in total. The van der Waals surface area contributed by atoms with Crippen LogP contribution in [0.3, 0.4) is 0 Å². The van der Waals surface area contributed by atoms with E-state index in [0.29, 0.717) is 24.2 Å². The van der Waals surface area contributed by atoms with Crippen LogP contribution in [0.1, 0.15) is 62.6 Å². The number of likely N-dealkylation sites (tertiary alicyclic amines) is 2. The Balaban J connectivity index is 1.34. The SMILES string of the molecule is CCc1nnc(Nc2cccc(C3CCCN(C(=O)CC4CCN(CC)CC4)C3)n2)s1. The van der Waals surface area contributed by atoms with Crippen LogP contribution in [0.5, 0.6) is 0 Å². The number of nitrogens with one attached hydrogen (secondary N) is 1. The number of rotatable bonds is 7. The number of pyridine rings is 1. The largest absolute Gasteiger partial charge is 0.342 e. The second-order valence-electron chi connectivity index (χ2n) is 8.69. The summed E-state index contributed by atoms with van der Waals surface area (Å²) < 4.78 is 0. The van der Waals surface area contributed by atoms with Crippen molar-refractivity contribution in [2.45, 2.75) is 58.3 Å². The first-order valence-electron chi connectivity index (χ1n) is 11.7. The third-order valence-electron chi connectivity index (χ3n) is 6.58. The number of anilines is 2. The molecule has 0 saturated carbocycles. The van der Waals surface area contributed by atoms with Crippen LogP contribution >= 0.6 is 11.3 Å². The van der Waals surface area contributed by atoms with Gasteiger partial charge in [0, 0.05) is 31.1 Å². The van der Waals surface area contributed by atoms with Crippen LogP contribution in [0.2, 0.25) is 0 Å². The van der Waals surface area contributed by atoms with E-state index in [9.17, 15) is 4.79 Å². The van der Waals surface area contributed by atoms with Crippen molar-refractivity contribution in [1.82, 2.24) is 25.0 Å². The maximum atomic E-state index is 13.0. The molecule has 4 heterocycles. The number of amides is 1. The van der Waals surface area contributed by atoms with E-state index in [4.69, 9.17) is 4.98 Å². The van der Waals surface area contributed by atoms with E-state index in [0.717, 1.165) is 86.5 Å². The van der Waals surface area contributed by atoms with Crippen molar-refractivity contribution in [3.05, 3.63) is 28.9 Å². The topological polar surface area (TPSA) is 74.2 Å². The van der Waals surface area contributed by atoms with Gasteiger partial charge in [-0.25, -0.2) is 4.98 Å². The molecule has 0 aliphatic carbocycles. The van der Waals surface area contributed by atoms with Crippen LogP contribution in [-0.4, -0.2) is 63.6 Å². The number of carbonyl (C=O) groups is 1. The highest BCUT2D eigenvalue weighted by atomic mass is 32.1. The molecule has 168 valence electrons. The normalized spacial score (nSPS) is 20.7. The summed E-state index contributed by atoms with van der Waals surface area (Å²) in [6.45, 7) is 9.34. The van der Waals surface area contributed by atoms with Gasteiger partial charge in [-0.3, -0.25) is 4.79 Å². The summed E-state index contributed by atoms with van der Waals surface area (Å²) in [6.07, 6.45) is 6.01. The zero-order valence-electron chi connectivity index (χ0n) is 18.7. The zero-order valence-corrected chi connectivity index (χ0v) is 19.5. The van der Waals surface area contributed by atoms with Crippen LogP contribution in [0.15, 0.2) is 18.2 Å². The molecule has 0 radical (unpaired) electrons. The van der Waals surface area contributed by atoms with Gasteiger partial charge in [-0.1, -0.05) is 31.3 Å². The lowest BCUT2D eigenvalue weighted by Crippen LogP contribution is -2.41. The first-order chi connectivity index (χ1) is 15.1. The van der Waals surface area contributed by atoms with Gasteiger partial charge in [0.15, 0.2) is 0 Å². The number of nitrogens with zero attached hydrogens (tertiary/aromatic N) is 5. The average Bonchev–Trinajstić information content (AvgIpc) is 3.27. The Kier molecular flexibility index (Phi) is 7.50. The Morgan fingerprint density at radius 3 is 2.74 bits per heavy atom. The molecular weight excluding hydrogens is 408 g/mol.